The van der Waals surface area contributed by atoms with Crippen LogP contribution in [0.25, 0.3) is 5.57 Å². The number of rotatable bonds is 16. The fourth-order valence-corrected chi connectivity index (χ4v) is 4.54. The maximum Gasteiger partial charge on any atom is 0.139 e. The molecule has 0 aliphatic heterocycles. The SMILES string of the molecule is C=C(NCc1ccc(C(C)OC)c(CC)c1)/C(C=N)=C(\C=C(C)C)c1ncc(OCC)cc1Cl.CC.CC(=O)CCC(C)C(C)=O.CCC.CCC. The van der Waals surface area contributed by atoms with Crippen LogP contribution >= 0.6 is 11.6 Å². The molecule has 0 bridgehead atoms. The largest absolute Gasteiger partial charge is 0.492 e. The van der Waals surface area contributed by atoms with Crippen LogP contribution in [0.3, 0.4) is 0 Å². The summed E-state index contributed by atoms with van der Waals surface area (Å²) in [6.45, 7) is 32.9. The van der Waals surface area contributed by atoms with E-state index in [0.717, 1.165) is 23.1 Å². The van der Waals surface area contributed by atoms with Gasteiger partial charge >= 0.3 is 0 Å². The van der Waals surface area contributed by atoms with Crippen molar-refractivity contribution < 1.29 is 19.1 Å². The quantitative estimate of drug-likeness (QED) is 0.131. The van der Waals surface area contributed by atoms with Gasteiger partial charge in [0.1, 0.15) is 17.3 Å². The molecule has 1 aromatic heterocycles. The molecule has 7 nitrogen and oxygen atoms in total. The molecule has 2 rings (SSSR count). The summed E-state index contributed by atoms with van der Waals surface area (Å²) in [6, 6.07) is 8.16. The first-order chi connectivity index (χ1) is 24.6. The van der Waals surface area contributed by atoms with Crippen molar-refractivity contribution in [3.63, 3.8) is 0 Å². The summed E-state index contributed by atoms with van der Waals surface area (Å²) in [7, 11) is 1.73. The molecule has 2 unspecified atom stereocenters. The Kier molecular flexibility index (Phi) is 32.6. The molecule has 294 valence electrons. The Bertz CT molecular complexity index is 1390. The highest BCUT2D eigenvalue weighted by atomic mass is 35.5. The number of carbonyl (C=O) groups excluding carboxylic acids is 2. The minimum atomic E-state index is 0.0453. The molecular formula is C44H72ClN3O4. The van der Waals surface area contributed by atoms with Gasteiger partial charge in [-0.05, 0) is 71.1 Å². The predicted octanol–water partition coefficient (Wildman–Crippen LogP) is 12.5. The van der Waals surface area contributed by atoms with Crippen LogP contribution in [0, 0.1) is 11.3 Å². The van der Waals surface area contributed by atoms with Crippen molar-refractivity contribution in [2.75, 3.05) is 13.7 Å². The van der Waals surface area contributed by atoms with Crippen LogP contribution < -0.4 is 10.1 Å². The number of hydrogen-bond donors (Lipinski definition) is 2. The lowest BCUT2D eigenvalue weighted by Gasteiger charge is -2.18. The number of nitrogens with one attached hydrogen (secondary N) is 2. The van der Waals surface area contributed by atoms with Crippen LogP contribution in [0.15, 0.2) is 60.0 Å². The van der Waals surface area contributed by atoms with Crippen molar-refractivity contribution >= 4 is 35.0 Å². The number of benzene rings is 1. The van der Waals surface area contributed by atoms with E-state index >= 15 is 0 Å². The number of ketones is 2. The third-order valence-electron chi connectivity index (χ3n) is 7.08. The zero-order valence-corrected chi connectivity index (χ0v) is 36.1. The molecule has 0 saturated heterocycles. The van der Waals surface area contributed by atoms with Crippen LogP contribution in [0.4, 0.5) is 0 Å². The second kappa shape index (κ2) is 32.1. The topological polar surface area (TPSA) is 101 Å². The first-order valence-corrected chi connectivity index (χ1v) is 19.3. The standard InChI is InChI=1S/C28H36ClN3O2.C8H14O2.2C3H8.C2H6/c1-8-22-13-21(10-11-24(22)20(6)33-7)16-31-19(5)26(15-30)25(12-18(3)4)28-27(29)14-23(17-32-28)34-9-2;1-6(8(3)10)4-5-7(2)9;2*1-3-2;1-2/h10-15,17,20,30-31H,5,8-9,16H2,1-4,6-7H3;6H,4-5H2,1-3H3;2*3H2,1-2H3;1-2H3/b26-25+,30-15?;;;;. The van der Waals surface area contributed by atoms with Gasteiger partial charge in [-0.3, -0.25) is 9.78 Å². The van der Waals surface area contributed by atoms with Gasteiger partial charge in [0.2, 0.25) is 0 Å². The summed E-state index contributed by atoms with van der Waals surface area (Å²) in [5.74, 6) is 0.984. The number of nitrogens with zero attached hydrogens (tertiary/aromatic N) is 1. The van der Waals surface area contributed by atoms with Crippen molar-refractivity contribution in [1.29, 1.82) is 5.41 Å². The fourth-order valence-electron chi connectivity index (χ4n) is 4.28. The molecule has 2 aromatic rings. The van der Waals surface area contributed by atoms with Gasteiger partial charge in [-0.25, -0.2) is 0 Å². The van der Waals surface area contributed by atoms with E-state index in [4.69, 9.17) is 26.5 Å². The molecule has 52 heavy (non-hydrogen) atoms. The number of allylic oxidation sites excluding steroid dienone is 4. The van der Waals surface area contributed by atoms with Crippen molar-refractivity contribution in [3.8, 4) is 5.75 Å². The van der Waals surface area contributed by atoms with E-state index in [9.17, 15) is 9.59 Å². The average Bonchev–Trinajstić information content (AvgIpc) is 3.11. The highest BCUT2D eigenvalue weighted by molar-refractivity contribution is 6.32. The molecule has 1 aromatic carbocycles. The van der Waals surface area contributed by atoms with Gasteiger partial charge in [-0.1, -0.05) is 116 Å². The number of methoxy groups -OCH3 is 1. The summed E-state index contributed by atoms with van der Waals surface area (Å²) in [5, 5.41) is 12.0. The second-order valence-electron chi connectivity index (χ2n) is 12.4. The lowest BCUT2D eigenvalue weighted by molar-refractivity contribution is -0.121. The van der Waals surface area contributed by atoms with E-state index in [2.05, 4.69) is 76.6 Å². The van der Waals surface area contributed by atoms with Crippen molar-refractivity contribution in [3.05, 3.63) is 87.4 Å². The Morgan fingerprint density at radius 2 is 1.58 bits per heavy atom. The van der Waals surface area contributed by atoms with Gasteiger partial charge in [0.25, 0.3) is 0 Å². The van der Waals surface area contributed by atoms with Crippen molar-refractivity contribution in [2.45, 2.75) is 142 Å². The minimum Gasteiger partial charge on any atom is -0.492 e. The van der Waals surface area contributed by atoms with Crippen LogP contribution in [0.2, 0.25) is 5.02 Å². The number of Topliss-reactive ketones (excluding diaryl/α,β-unsaturated/α-hetero) is 2. The Hall–Kier alpha value is -3.55. The van der Waals surface area contributed by atoms with Gasteiger partial charge in [-0.15, -0.1) is 0 Å². The first kappa shape index (κ1) is 52.8. The molecule has 0 fully saturated rings. The Balaban J connectivity index is -0.00000111. The van der Waals surface area contributed by atoms with Crippen LogP contribution in [-0.4, -0.2) is 36.5 Å². The second-order valence-corrected chi connectivity index (χ2v) is 12.8. The molecule has 8 heteroatoms. The number of halogens is 1. The van der Waals surface area contributed by atoms with E-state index < -0.39 is 0 Å². The molecular weight excluding hydrogens is 670 g/mol. The van der Waals surface area contributed by atoms with Gasteiger partial charge in [0, 0.05) is 55.1 Å². The molecule has 2 N–H and O–H groups in total. The number of aromatic nitrogens is 1. The number of aryl methyl sites for hydroxylation is 1. The minimum absolute atomic E-state index is 0.0453. The zero-order chi connectivity index (χ0) is 40.8. The number of pyridine rings is 1. The molecule has 0 radical (unpaired) electrons. The zero-order valence-electron chi connectivity index (χ0n) is 35.3. The van der Waals surface area contributed by atoms with E-state index in [1.54, 1.807) is 33.2 Å². The molecule has 2 atom stereocenters. The van der Waals surface area contributed by atoms with Crippen LogP contribution in [0.5, 0.6) is 5.75 Å². The van der Waals surface area contributed by atoms with Gasteiger partial charge in [0.15, 0.2) is 0 Å². The van der Waals surface area contributed by atoms with Crippen molar-refractivity contribution in [2.24, 2.45) is 5.92 Å². The molecule has 0 saturated carbocycles. The average molecular weight is 743 g/mol. The summed E-state index contributed by atoms with van der Waals surface area (Å²) in [6.07, 6.45) is 9.62. The fraction of sp³-hybridized carbons (Fsp3) is 0.545. The maximum absolute atomic E-state index is 10.6. The third-order valence-corrected chi connectivity index (χ3v) is 7.37. The van der Waals surface area contributed by atoms with Crippen LogP contribution in [-0.2, 0) is 27.3 Å². The predicted molar refractivity (Wildman–Crippen MR) is 226 cm³/mol. The highest BCUT2D eigenvalue weighted by Gasteiger charge is 2.16. The highest BCUT2D eigenvalue weighted by Crippen LogP contribution is 2.31. The summed E-state index contributed by atoms with van der Waals surface area (Å²) >= 11 is 6.57. The molecule has 0 spiro atoms. The van der Waals surface area contributed by atoms with E-state index in [1.165, 1.54) is 30.2 Å². The van der Waals surface area contributed by atoms with Gasteiger partial charge < -0.3 is 25.0 Å². The summed E-state index contributed by atoms with van der Waals surface area (Å²) in [4.78, 5) is 25.6. The normalized spacial score (nSPS) is 11.4. The Morgan fingerprint density at radius 1 is 1.00 bits per heavy atom. The summed E-state index contributed by atoms with van der Waals surface area (Å²) in [5.41, 5.74) is 7.23. The molecule has 0 amide bonds. The van der Waals surface area contributed by atoms with E-state index in [-0.39, 0.29) is 23.6 Å². The Morgan fingerprint density at radius 3 is 2.00 bits per heavy atom. The van der Waals surface area contributed by atoms with Gasteiger partial charge in [0.05, 0.1) is 29.6 Å². The number of hydrogen-bond acceptors (Lipinski definition) is 7. The Labute approximate surface area is 323 Å². The molecule has 1 heterocycles. The molecule has 0 aliphatic rings. The third kappa shape index (κ3) is 22.4. The molecule has 0 aliphatic carbocycles. The van der Waals surface area contributed by atoms with Crippen molar-refractivity contribution in [1.82, 2.24) is 10.3 Å². The number of carbonyl (C=O) groups is 2. The smallest absolute Gasteiger partial charge is 0.139 e. The number of ether oxygens (including phenoxy) is 2. The van der Waals surface area contributed by atoms with Gasteiger partial charge in [-0.2, -0.15) is 0 Å². The maximum atomic E-state index is 10.6. The van der Waals surface area contributed by atoms with Crippen LogP contribution in [0.1, 0.15) is 151 Å². The first-order valence-electron chi connectivity index (χ1n) is 18.9. The lowest BCUT2D eigenvalue weighted by Crippen LogP contribution is -2.16. The van der Waals surface area contributed by atoms with E-state index in [1.807, 2.05) is 47.6 Å². The monoisotopic (exact) mass is 742 g/mol. The lowest BCUT2D eigenvalue weighted by atomic mass is 9.98. The summed E-state index contributed by atoms with van der Waals surface area (Å²) < 4.78 is 11.0. The van der Waals surface area contributed by atoms with E-state index in [0.29, 0.717) is 53.7 Å².